The van der Waals surface area contributed by atoms with Gasteiger partial charge in [0, 0.05) is 29.4 Å². The maximum absolute atomic E-state index is 12.7. The molecule has 1 aromatic carbocycles. The van der Waals surface area contributed by atoms with Crippen LogP contribution in [0.15, 0.2) is 60.9 Å². The van der Waals surface area contributed by atoms with Crippen molar-refractivity contribution < 1.29 is 4.79 Å². The monoisotopic (exact) mass is 431 g/mol. The van der Waals surface area contributed by atoms with Crippen molar-refractivity contribution in [1.82, 2.24) is 20.2 Å². The van der Waals surface area contributed by atoms with Crippen molar-refractivity contribution in [3.05, 3.63) is 77.7 Å². The molecule has 0 saturated heterocycles. The van der Waals surface area contributed by atoms with Gasteiger partial charge >= 0.3 is 6.03 Å². The van der Waals surface area contributed by atoms with E-state index < -0.39 is 0 Å². The first-order chi connectivity index (χ1) is 15.4. The van der Waals surface area contributed by atoms with E-state index in [1.165, 1.54) is 6.21 Å². The van der Waals surface area contributed by atoms with Crippen LogP contribution in [0, 0.1) is 12.3 Å². The number of hydrogen-bond donors (Lipinski definition) is 4. The van der Waals surface area contributed by atoms with Gasteiger partial charge in [0.2, 0.25) is 0 Å². The smallest absolute Gasteiger partial charge is 0.320 e. The van der Waals surface area contributed by atoms with Crippen LogP contribution in [0.4, 0.5) is 22.0 Å². The van der Waals surface area contributed by atoms with Crippen LogP contribution < -0.4 is 16.0 Å². The Kier molecular flexibility index (Phi) is 7.88. The lowest BCUT2D eigenvalue weighted by molar-refractivity contribution is 0.246. The van der Waals surface area contributed by atoms with E-state index in [0.717, 1.165) is 29.9 Å². The number of carbonyl (C=O) groups excluding carboxylic acids is 1. The number of amides is 2. The molecule has 0 fully saturated rings. The molecule has 2 heterocycles. The molecular weight excluding hydrogens is 402 g/mol. The zero-order chi connectivity index (χ0) is 22.9. The van der Waals surface area contributed by atoms with E-state index in [1.54, 1.807) is 18.5 Å². The highest BCUT2D eigenvalue weighted by Crippen LogP contribution is 2.22. The van der Waals surface area contributed by atoms with Crippen LogP contribution in [-0.4, -0.2) is 47.8 Å². The first-order valence-electron chi connectivity index (χ1n) is 10.4. The summed E-state index contributed by atoms with van der Waals surface area (Å²) in [5.74, 6) is 0.372. The molecule has 4 N–H and O–H groups in total. The van der Waals surface area contributed by atoms with Crippen LogP contribution in [0.5, 0.6) is 0 Å². The highest BCUT2D eigenvalue weighted by atomic mass is 16.2. The van der Waals surface area contributed by atoms with E-state index >= 15 is 0 Å². The average molecular weight is 432 g/mol. The summed E-state index contributed by atoms with van der Waals surface area (Å²) in [6, 6.07) is 14.8. The van der Waals surface area contributed by atoms with Gasteiger partial charge in [-0.2, -0.15) is 0 Å². The summed E-state index contributed by atoms with van der Waals surface area (Å²) in [6.07, 6.45) is 5.32. The number of anilines is 3. The summed E-state index contributed by atoms with van der Waals surface area (Å²) in [7, 11) is 4.02. The largest absolute Gasteiger partial charge is 0.354 e. The Hall–Kier alpha value is -3.78. The van der Waals surface area contributed by atoms with E-state index in [2.05, 4.69) is 30.8 Å². The molecule has 0 radical (unpaired) electrons. The van der Waals surface area contributed by atoms with Crippen LogP contribution in [0.25, 0.3) is 0 Å². The van der Waals surface area contributed by atoms with Crippen LogP contribution >= 0.6 is 0 Å². The molecule has 3 aromatic rings. The van der Waals surface area contributed by atoms with Crippen LogP contribution in [-0.2, 0) is 0 Å². The number of aromatic nitrogens is 2. The number of hydrogen-bond acceptors (Lipinski definition) is 6. The number of nitrogens with one attached hydrogen (secondary N) is 4. The minimum absolute atomic E-state index is 0.128. The Balaban J connectivity index is 1.69. The molecule has 0 aliphatic carbocycles. The van der Waals surface area contributed by atoms with Gasteiger partial charge < -0.3 is 20.9 Å². The fourth-order valence-corrected chi connectivity index (χ4v) is 3.25. The minimum Gasteiger partial charge on any atom is -0.354 e. The lowest BCUT2D eigenvalue weighted by Gasteiger charge is -2.21. The third kappa shape index (κ3) is 6.61. The summed E-state index contributed by atoms with van der Waals surface area (Å²) >= 11 is 0. The molecule has 1 atom stereocenters. The molecule has 2 aromatic heterocycles. The van der Waals surface area contributed by atoms with Gasteiger partial charge in [-0.15, -0.1) is 0 Å². The van der Waals surface area contributed by atoms with E-state index in [9.17, 15) is 4.79 Å². The molecule has 166 valence electrons. The van der Waals surface area contributed by atoms with E-state index in [-0.39, 0.29) is 12.1 Å². The standard InChI is InChI=1S/C24H29N7O/c1-17-13-20(9-11-26-17)28-22-16-27-23(14-19(22)15-25)30-24(32)29-21(10-12-31(2)3)18-7-5-4-6-8-18/h4-9,11,13-16,21,25H,10,12H2,1-3H3,(H,26,28)(H2,27,29,30,32). The molecule has 0 bridgehead atoms. The van der Waals surface area contributed by atoms with Crippen LogP contribution in [0.1, 0.15) is 29.3 Å². The Morgan fingerprint density at radius 3 is 2.62 bits per heavy atom. The predicted octanol–water partition coefficient (Wildman–Crippen LogP) is 4.34. The lowest BCUT2D eigenvalue weighted by atomic mass is 10.0. The fraction of sp³-hybridized carbons (Fsp3) is 0.250. The minimum atomic E-state index is -0.341. The van der Waals surface area contributed by atoms with Crippen molar-refractivity contribution in [3.8, 4) is 0 Å². The van der Waals surface area contributed by atoms with Gasteiger partial charge in [-0.1, -0.05) is 30.3 Å². The summed E-state index contributed by atoms with van der Waals surface area (Å²) in [5, 5.41) is 16.8. The van der Waals surface area contributed by atoms with Crippen molar-refractivity contribution in [2.75, 3.05) is 31.3 Å². The second-order valence-corrected chi connectivity index (χ2v) is 7.77. The van der Waals surface area contributed by atoms with Crippen molar-refractivity contribution in [3.63, 3.8) is 0 Å². The van der Waals surface area contributed by atoms with Crippen molar-refractivity contribution in [2.45, 2.75) is 19.4 Å². The average Bonchev–Trinajstić information content (AvgIpc) is 2.78. The van der Waals surface area contributed by atoms with Crippen LogP contribution in [0.2, 0.25) is 0 Å². The number of aryl methyl sites for hydroxylation is 1. The Morgan fingerprint density at radius 1 is 1.16 bits per heavy atom. The number of urea groups is 1. The third-order valence-electron chi connectivity index (χ3n) is 4.88. The molecular formula is C24H29N7O. The van der Waals surface area contributed by atoms with E-state index in [0.29, 0.717) is 17.1 Å². The third-order valence-corrected chi connectivity index (χ3v) is 4.88. The zero-order valence-electron chi connectivity index (χ0n) is 18.6. The maximum atomic E-state index is 12.7. The molecule has 3 rings (SSSR count). The van der Waals surface area contributed by atoms with Crippen molar-refractivity contribution >= 4 is 29.4 Å². The second-order valence-electron chi connectivity index (χ2n) is 7.77. The highest BCUT2D eigenvalue weighted by molar-refractivity contribution is 5.92. The Labute approximate surface area is 188 Å². The van der Waals surface area contributed by atoms with E-state index in [4.69, 9.17) is 5.41 Å². The summed E-state index contributed by atoms with van der Waals surface area (Å²) in [4.78, 5) is 23.3. The first-order valence-corrected chi connectivity index (χ1v) is 10.4. The Bertz CT molecular complexity index is 1050. The first kappa shape index (κ1) is 22.9. The zero-order valence-corrected chi connectivity index (χ0v) is 18.6. The number of carbonyl (C=O) groups is 1. The van der Waals surface area contributed by atoms with Gasteiger partial charge in [0.15, 0.2) is 0 Å². The summed E-state index contributed by atoms with van der Waals surface area (Å²) in [5.41, 5.74) is 4.07. The fourth-order valence-electron chi connectivity index (χ4n) is 3.25. The van der Waals surface area contributed by atoms with Gasteiger partial charge in [0.25, 0.3) is 0 Å². The highest BCUT2D eigenvalue weighted by Gasteiger charge is 2.15. The lowest BCUT2D eigenvalue weighted by Crippen LogP contribution is -2.34. The molecule has 0 aliphatic rings. The van der Waals surface area contributed by atoms with Crippen LogP contribution in [0.3, 0.4) is 0 Å². The SMILES string of the molecule is Cc1cc(Nc2cnc(NC(=O)NC(CCN(C)C)c3ccccc3)cc2C=N)ccn1. The summed E-state index contributed by atoms with van der Waals surface area (Å²) < 4.78 is 0. The predicted molar refractivity (Wildman–Crippen MR) is 129 cm³/mol. The quantitative estimate of drug-likeness (QED) is 0.377. The second kappa shape index (κ2) is 11.0. The maximum Gasteiger partial charge on any atom is 0.320 e. The molecule has 32 heavy (non-hydrogen) atoms. The van der Waals surface area contributed by atoms with Crippen molar-refractivity contribution in [1.29, 1.82) is 5.41 Å². The van der Waals surface area contributed by atoms with E-state index in [1.807, 2.05) is 63.5 Å². The molecule has 8 nitrogen and oxygen atoms in total. The van der Waals surface area contributed by atoms with Crippen molar-refractivity contribution in [2.24, 2.45) is 0 Å². The number of rotatable bonds is 9. The van der Waals surface area contributed by atoms with Gasteiger partial charge in [0.05, 0.1) is 17.9 Å². The molecule has 0 aliphatic heterocycles. The number of pyridine rings is 2. The van der Waals surface area contributed by atoms with Gasteiger partial charge in [-0.05, 0) is 57.7 Å². The molecule has 1 unspecified atom stereocenters. The molecule has 0 spiro atoms. The van der Waals surface area contributed by atoms with Gasteiger partial charge in [0.1, 0.15) is 5.82 Å². The molecule has 2 amide bonds. The van der Waals surface area contributed by atoms with Gasteiger partial charge in [-0.25, -0.2) is 9.78 Å². The number of nitrogens with zero attached hydrogens (tertiary/aromatic N) is 3. The summed E-state index contributed by atoms with van der Waals surface area (Å²) in [6.45, 7) is 2.75. The molecule has 0 saturated carbocycles. The van der Waals surface area contributed by atoms with Gasteiger partial charge in [-0.3, -0.25) is 10.3 Å². The molecule has 8 heteroatoms. The Morgan fingerprint density at radius 2 is 1.94 bits per heavy atom. The topological polar surface area (TPSA) is 106 Å². The normalized spacial score (nSPS) is 11.6. The number of benzene rings is 1.